The van der Waals surface area contributed by atoms with Gasteiger partial charge in [-0.25, -0.2) is 15.0 Å². The van der Waals surface area contributed by atoms with Gasteiger partial charge in [0.05, 0.1) is 6.20 Å². The molecular weight excluding hydrogens is 376 g/mol. The van der Waals surface area contributed by atoms with Crippen LogP contribution in [0.5, 0.6) is 23.4 Å². The van der Waals surface area contributed by atoms with Gasteiger partial charge in [-0.1, -0.05) is 6.07 Å². The molecular formula is C24H22N4O2. The summed E-state index contributed by atoms with van der Waals surface area (Å²) in [6.45, 7) is 8.27. The molecule has 2 heterocycles. The summed E-state index contributed by atoms with van der Waals surface area (Å²) >= 11 is 0. The van der Waals surface area contributed by atoms with Crippen LogP contribution < -0.4 is 9.47 Å². The van der Waals surface area contributed by atoms with E-state index in [1.807, 2.05) is 18.2 Å². The van der Waals surface area contributed by atoms with E-state index < -0.39 is 0 Å². The highest BCUT2D eigenvalue weighted by molar-refractivity contribution is 5.80. The molecule has 4 aromatic rings. The van der Waals surface area contributed by atoms with Gasteiger partial charge in [-0.05, 0) is 79.8 Å². The minimum absolute atomic E-state index is 0.322. The lowest BCUT2D eigenvalue weighted by atomic mass is 9.90. The normalized spacial score (nSPS) is 10.7. The maximum absolute atomic E-state index is 6.14. The Morgan fingerprint density at radius 3 is 2.03 bits per heavy atom. The second kappa shape index (κ2) is 8.29. The van der Waals surface area contributed by atoms with Crippen molar-refractivity contribution in [2.75, 3.05) is 0 Å². The van der Waals surface area contributed by atoms with Crippen LogP contribution >= 0.6 is 0 Å². The van der Waals surface area contributed by atoms with E-state index in [0.29, 0.717) is 17.6 Å². The molecule has 0 aliphatic heterocycles. The predicted octanol–water partition coefficient (Wildman–Crippen LogP) is 5.75. The Bertz CT molecular complexity index is 1160. The van der Waals surface area contributed by atoms with Crippen LogP contribution in [0.4, 0.5) is 0 Å². The third kappa shape index (κ3) is 4.12. The van der Waals surface area contributed by atoms with Crippen LogP contribution in [0, 0.1) is 27.7 Å². The zero-order valence-corrected chi connectivity index (χ0v) is 17.4. The van der Waals surface area contributed by atoms with E-state index in [1.165, 1.54) is 0 Å². The number of aryl methyl sites for hydroxylation is 4. The number of benzene rings is 2. The topological polar surface area (TPSA) is 70.0 Å². The second-order valence-corrected chi connectivity index (χ2v) is 7.17. The van der Waals surface area contributed by atoms with E-state index >= 15 is 0 Å². The van der Waals surface area contributed by atoms with E-state index in [0.717, 1.165) is 39.1 Å². The summed E-state index contributed by atoms with van der Waals surface area (Å²) in [6.07, 6.45) is 8.16. The number of aromatic nitrogens is 4. The van der Waals surface area contributed by atoms with Crippen molar-refractivity contribution in [3.8, 4) is 34.5 Å². The minimum atomic E-state index is 0.322. The molecule has 0 unspecified atom stereocenters. The highest BCUT2D eigenvalue weighted by Gasteiger charge is 2.18. The minimum Gasteiger partial charge on any atom is -0.437 e. The van der Waals surface area contributed by atoms with Gasteiger partial charge in [0.2, 0.25) is 5.88 Å². The fourth-order valence-electron chi connectivity index (χ4n) is 3.60. The molecule has 0 saturated carbocycles. The molecule has 6 heteroatoms. The molecule has 0 N–H and O–H groups in total. The summed E-state index contributed by atoms with van der Waals surface area (Å²) in [6, 6.07) is 10.2. The standard InChI is InChI=1S/C24H22N4O2/c1-15-10-16(2)23(20(11-15)30-21-14-25-8-9-26-21)22-17(3)12-19(13-18(22)4)29-24-27-6-5-7-28-24/h5-14H,1-4H3. The zero-order valence-electron chi connectivity index (χ0n) is 17.4. The number of hydrogen-bond acceptors (Lipinski definition) is 6. The molecule has 0 amide bonds. The van der Waals surface area contributed by atoms with Crippen molar-refractivity contribution in [2.24, 2.45) is 0 Å². The Hall–Kier alpha value is -3.80. The molecule has 2 aromatic heterocycles. The van der Waals surface area contributed by atoms with Crippen molar-refractivity contribution in [1.29, 1.82) is 0 Å². The quantitative estimate of drug-likeness (QED) is 0.426. The van der Waals surface area contributed by atoms with Crippen LogP contribution in [0.2, 0.25) is 0 Å². The predicted molar refractivity (Wildman–Crippen MR) is 115 cm³/mol. The monoisotopic (exact) mass is 398 g/mol. The van der Waals surface area contributed by atoms with Crippen molar-refractivity contribution in [1.82, 2.24) is 19.9 Å². The van der Waals surface area contributed by atoms with Crippen LogP contribution in [0.25, 0.3) is 11.1 Å². The van der Waals surface area contributed by atoms with Crippen LogP contribution in [0.1, 0.15) is 22.3 Å². The lowest BCUT2D eigenvalue weighted by Gasteiger charge is -2.19. The largest absolute Gasteiger partial charge is 0.437 e. The van der Waals surface area contributed by atoms with Crippen molar-refractivity contribution < 1.29 is 9.47 Å². The molecule has 0 radical (unpaired) electrons. The number of ether oxygens (including phenoxy) is 2. The Labute approximate surface area is 175 Å². The van der Waals surface area contributed by atoms with Gasteiger partial charge in [0.25, 0.3) is 0 Å². The summed E-state index contributed by atoms with van der Waals surface area (Å²) in [5.74, 6) is 1.90. The van der Waals surface area contributed by atoms with E-state index in [1.54, 1.807) is 37.1 Å². The zero-order chi connectivity index (χ0) is 21.1. The van der Waals surface area contributed by atoms with E-state index in [2.05, 4.69) is 53.7 Å². The van der Waals surface area contributed by atoms with Crippen molar-refractivity contribution in [3.05, 3.63) is 83.6 Å². The van der Waals surface area contributed by atoms with Gasteiger partial charge < -0.3 is 9.47 Å². The SMILES string of the molecule is Cc1cc(C)c(-c2c(C)cc(Oc3ncccn3)cc2C)c(Oc2cnccn2)c1. The first-order chi connectivity index (χ1) is 14.5. The Morgan fingerprint density at radius 2 is 1.37 bits per heavy atom. The summed E-state index contributed by atoms with van der Waals surface area (Å²) in [5, 5.41) is 0. The summed E-state index contributed by atoms with van der Waals surface area (Å²) in [7, 11) is 0. The van der Waals surface area contributed by atoms with Gasteiger partial charge in [-0.15, -0.1) is 0 Å². The van der Waals surface area contributed by atoms with Gasteiger partial charge >= 0.3 is 6.01 Å². The van der Waals surface area contributed by atoms with Crippen LogP contribution in [-0.2, 0) is 0 Å². The average molecular weight is 398 g/mol. The maximum atomic E-state index is 6.14. The fraction of sp³-hybridized carbons (Fsp3) is 0.167. The highest BCUT2D eigenvalue weighted by Crippen LogP contribution is 2.41. The van der Waals surface area contributed by atoms with Gasteiger partial charge in [0, 0.05) is 30.4 Å². The summed E-state index contributed by atoms with van der Waals surface area (Å²) < 4.78 is 12.0. The van der Waals surface area contributed by atoms with Crippen LogP contribution in [-0.4, -0.2) is 19.9 Å². The molecule has 0 atom stereocenters. The first-order valence-electron chi connectivity index (χ1n) is 9.63. The molecule has 0 bridgehead atoms. The molecule has 2 aromatic carbocycles. The molecule has 0 aliphatic carbocycles. The average Bonchev–Trinajstić information content (AvgIpc) is 2.71. The Balaban J connectivity index is 1.78. The van der Waals surface area contributed by atoms with E-state index in [-0.39, 0.29) is 0 Å². The summed E-state index contributed by atoms with van der Waals surface area (Å²) in [4.78, 5) is 16.6. The lowest BCUT2D eigenvalue weighted by molar-refractivity contribution is 0.441. The number of nitrogens with zero attached hydrogens (tertiary/aromatic N) is 4. The number of rotatable bonds is 5. The lowest BCUT2D eigenvalue weighted by Crippen LogP contribution is -1.99. The first-order valence-corrected chi connectivity index (χ1v) is 9.63. The molecule has 0 saturated heterocycles. The third-order valence-corrected chi connectivity index (χ3v) is 4.71. The molecule has 4 rings (SSSR count). The molecule has 0 aliphatic rings. The van der Waals surface area contributed by atoms with Gasteiger partial charge in [0.1, 0.15) is 11.5 Å². The van der Waals surface area contributed by atoms with Gasteiger partial charge in [0.15, 0.2) is 0 Å². The van der Waals surface area contributed by atoms with Crippen molar-refractivity contribution >= 4 is 0 Å². The van der Waals surface area contributed by atoms with E-state index in [4.69, 9.17) is 9.47 Å². The second-order valence-electron chi connectivity index (χ2n) is 7.17. The van der Waals surface area contributed by atoms with Gasteiger partial charge in [-0.2, -0.15) is 0 Å². The van der Waals surface area contributed by atoms with Crippen molar-refractivity contribution in [2.45, 2.75) is 27.7 Å². The Kier molecular flexibility index (Phi) is 5.39. The molecule has 0 fully saturated rings. The molecule has 6 nitrogen and oxygen atoms in total. The number of hydrogen-bond donors (Lipinski definition) is 0. The van der Waals surface area contributed by atoms with E-state index in [9.17, 15) is 0 Å². The highest BCUT2D eigenvalue weighted by atomic mass is 16.5. The fourth-order valence-corrected chi connectivity index (χ4v) is 3.60. The maximum Gasteiger partial charge on any atom is 0.321 e. The van der Waals surface area contributed by atoms with Crippen LogP contribution in [0.3, 0.4) is 0 Å². The Morgan fingerprint density at radius 1 is 0.667 bits per heavy atom. The van der Waals surface area contributed by atoms with Crippen molar-refractivity contribution in [3.63, 3.8) is 0 Å². The summed E-state index contributed by atoms with van der Waals surface area (Å²) in [5.41, 5.74) is 6.51. The van der Waals surface area contributed by atoms with Gasteiger partial charge in [-0.3, -0.25) is 4.98 Å². The first kappa shape index (κ1) is 19.5. The third-order valence-electron chi connectivity index (χ3n) is 4.71. The smallest absolute Gasteiger partial charge is 0.321 e. The molecule has 0 spiro atoms. The molecule has 150 valence electrons. The van der Waals surface area contributed by atoms with Crippen LogP contribution in [0.15, 0.2) is 61.3 Å². The molecule has 30 heavy (non-hydrogen) atoms.